The minimum Gasteiger partial charge on any atom is -0.508 e. The van der Waals surface area contributed by atoms with Crippen LogP contribution in [0.2, 0.25) is 0 Å². The molecule has 4 aromatic rings. The number of aliphatic hydroxyl groups is 1. The molecule has 1 aliphatic heterocycles. The van der Waals surface area contributed by atoms with Crippen LogP contribution in [0.5, 0.6) is 11.5 Å². The quantitative estimate of drug-likeness (QED) is 0.116. The van der Waals surface area contributed by atoms with E-state index in [1.54, 1.807) is 55.5 Å². The highest BCUT2D eigenvalue weighted by Gasteiger charge is 2.47. The van der Waals surface area contributed by atoms with Gasteiger partial charge in [0, 0.05) is 11.3 Å². The highest BCUT2D eigenvalue weighted by Crippen LogP contribution is 2.43. The Kier molecular flexibility index (Phi) is 8.06. The summed E-state index contributed by atoms with van der Waals surface area (Å²) >= 11 is 0. The molecule has 1 atom stereocenters. The largest absolute Gasteiger partial charge is 0.508 e. The van der Waals surface area contributed by atoms with Crippen LogP contribution in [-0.2, 0) is 20.9 Å². The maximum absolute atomic E-state index is 13.5. The lowest BCUT2D eigenvalue weighted by Crippen LogP contribution is -2.29. The molecule has 1 aliphatic rings. The van der Waals surface area contributed by atoms with Crippen LogP contribution in [-0.4, -0.2) is 34.5 Å². The van der Waals surface area contributed by atoms with E-state index >= 15 is 0 Å². The number of amides is 1. The Hall–Kier alpha value is -5.37. The highest BCUT2D eigenvalue weighted by molar-refractivity contribution is 6.51. The second kappa shape index (κ2) is 12.0. The molecule has 0 saturated carbocycles. The van der Waals surface area contributed by atoms with E-state index in [2.05, 4.69) is 0 Å². The topological polar surface area (TPSA) is 113 Å². The smallest absolute Gasteiger partial charge is 0.338 e. The SMILES string of the molecule is CCOC(=O)c1cccc(N2C(=O)C(=O)/C(=C(/O)c3ccc(OCc4ccccc4)c(C)c3)C2c2cccc(O)c2)c1. The number of carbonyl (C=O) groups is 3. The van der Waals surface area contributed by atoms with Crippen LogP contribution in [0.3, 0.4) is 0 Å². The van der Waals surface area contributed by atoms with Gasteiger partial charge in [-0.3, -0.25) is 14.5 Å². The Morgan fingerprint density at radius 1 is 0.881 bits per heavy atom. The molecule has 1 saturated heterocycles. The predicted molar refractivity (Wildman–Crippen MR) is 157 cm³/mol. The fraction of sp³-hybridized carbons (Fsp3) is 0.147. The number of Topliss-reactive ketones (excluding diaryl/α,β-unsaturated/α-hetero) is 1. The van der Waals surface area contributed by atoms with Crippen molar-refractivity contribution >= 4 is 29.1 Å². The molecule has 0 aliphatic carbocycles. The van der Waals surface area contributed by atoms with E-state index < -0.39 is 23.7 Å². The first-order valence-electron chi connectivity index (χ1n) is 13.4. The second-order valence-corrected chi connectivity index (χ2v) is 9.79. The minimum absolute atomic E-state index is 0.0749. The molecule has 0 radical (unpaired) electrons. The number of aryl methyl sites for hydroxylation is 1. The van der Waals surface area contributed by atoms with E-state index in [1.165, 1.54) is 23.1 Å². The number of anilines is 1. The molecule has 212 valence electrons. The van der Waals surface area contributed by atoms with Crippen molar-refractivity contribution in [1.29, 1.82) is 0 Å². The van der Waals surface area contributed by atoms with Gasteiger partial charge in [0.2, 0.25) is 0 Å². The van der Waals surface area contributed by atoms with Gasteiger partial charge < -0.3 is 19.7 Å². The first kappa shape index (κ1) is 28.2. The molecule has 8 heteroatoms. The summed E-state index contributed by atoms with van der Waals surface area (Å²) in [5.74, 6) is -2.20. The van der Waals surface area contributed by atoms with Crippen LogP contribution in [0.25, 0.3) is 5.76 Å². The summed E-state index contributed by atoms with van der Waals surface area (Å²) in [5, 5.41) is 21.8. The maximum atomic E-state index is 13.5. The van der Waals surface area contributed by atoms with E-state index in [4.69, 9.17) is 9.47 Å². The Labute approximate surface area is 243 Å². The summed E-state index contributed by atoms with van der Waals surface area (Å²) in [5.41, 5.74) is 2.76. The lowest BCUT2D eigenvalue weighted by molar-refractivity contribution is -0.132. The molecule has 1 amide bonds. The van der Waals surface area contributed by atoms with Crippen LogP contribution in [0.1, 0.15) is 45.6 Å². The number of aromatic hydroxyl groups is 1. The van der Waals surface area contributed by atoms with Crippen molar-refractivity contribution in [2.24, 2.45) is 0 Å². The van der Waals surface area contributed by atoms with Crippen LogP contribution in [0.4, 0.5) is 5.69 Å². The normalized spacial score (nSPS) is 16.0. The Balaban J connectivity index is 1.57. The van der Waals surface area contributed by atoms with Gasteiger partial charge in [0.25, 0.3) is 11.7 Å². The zero-order valence-electron chi connectivity index (χ0n) is 23.1. The zero-order chi connectivity index (χ0) is 29.8. The van der Waals surface area contributed by atoms with E-state index in [9.17, 15) is 24.6 Å². The fourth-order valence-corrected chi connectivity index (χ4v) is 4.96. The Bertz CT molecular complexity index is 1690. The van der Waals surface area contributed by atoms with Crippen molar-refractivity contribution in [3.63, 3.8) is 0 Å². The van der Waals surface area contributed by atoms with Crippen LogP contribution < -0.4 is 9.64 Å². The summed E-state index contributed by atoms with van der Waals surface area (Å²) in [6.45, 7) is 4.04. The predicted octanol–water partition coefficient (Wildman–Crippen LogP) is 6.08. The Morgan fingerprint density at radius 2 is 1.64 bits per heavy atom. The summed E-state index contributed by atoms with van der Waals surface area (Å²) < 4.78 is 11.1. The number of phenolic OH excluding ortho intramolecular Hbond substituents is 1. The van der Waals surface area contributed by atoms with Crippen molar-refractivity contribution in [2.75, 3.05) is 11.5 Å². The van der Waals surface area contributed by atoms with Gasteiger partial charge in [0.15, 0.2) is 0 Å². The summed E-state index contributed by atoms with van der Waals surface area (Å²) in [7, 11) is 0. The van der Waals surface area contributed by atoms with Gasteiger partial charge >= 0.3 is 5.97 Å². The first-order valence-corrected chi connectivity index (χ1v) is 13.4. The number of esters is 1. The van der Waals surface area contributed by atoms with Crippen molar-refractivity contribution in [2.45, 2.75) is 26.5 Å². The molecule has 0 spiro atoms. The molecule has 5 rings (SSSR count). The van der Waals surface area contributed by atoms with Crippen molar-refractivity contribution in [3.05, 3.63) is 130 Å². The van der Waals surface area contributed by atoms with Gasteiger partial charge in [0.05, 0.1) is 23.8 Å². The third kappa shape index (κ3) is 5.60. The van der Waals surface area contributed by atoms with Gasteiger partial charge in [-0.25, -0.2) is 4.79 Å². The Morgan fingerprint density at radius 3 is 2.36 bits per heavy atom. The zero-order valence-corrected chi connectivity index (χ0v) is 23.1. The maximum Gasteiger partial charge on any atom is 0.338 e. The number of nitrogens with zero attached hydrogens (tertiary/aromatic N) is 1. The monoisotopic (exact) mass is 563 g/mol. The second-order valence-electron chi connectivity index (χ2n) is 9.79. The van der Waals surface area contributed by atoms with Gasteiger partial charge in [-0.15, -0.1) is 0 Å². The molecular formula is C34H29NO7. The minimum atomic E-state index is -1.08. The number of phenols is 1. The third-order valence-corrected chi connectivity index (χ3v) is 6.95. The lowest BCUT2D eigenvalue weighted by atomic mass is 9.94. The van der Waals surface area contributed by atoms with Crippen molar-refractivity contribution in [1.82, 2.24) is 0 Å². The molecule has 4 aromatic carbocycles. The molecular weight excluding hydrogens is 534 g/mol. The molecule has 0 aromatic heterocycles. The number of ketones is 1. The number of ether oxygens (including phenoxy) is 2. The van der Waals surface area contributed by atoms with E-state index in [-0.39, 0.29) is 34.9 Å². The number of aliphatic hydroxyl groups excluding tert-OH is 1. The summed E-state index contributed by atoms with van der Waals surface area (Å²) in [4.78, 5) is 40.6. The summed E-state index contributed by atoms with van der Waals surface area (Å²) in [6, 6.07) is 25.9. The van der Waals surface area contributed by atoms with Crippen molar-refractivity contribution < 1.29 is 34.1 Å². The first-order chi connectivity index (χ1) is 20.3. The van der Waals surface area contributed by atoms with Crippen LogP contribution >= 0.6 is 0 Å². The van der Waals surface area contributed by atoms with Gasteiger partial charge in [0.1, 0.15) is 23.9 Å². The van der Waals surface area contributed by atoms with Gasteiger partial charge in [-0.2, -0.15) is 0 Å². The number of hydrogen-bond acceptors (Lipinski definition) is 7. The number of benzene rings is 4. The molecule has 1 heterocycles. The lowest BCUT2D eigenvalue weighted by Gasteiger charge is -2.26. The third-order valence-electron chi connectivity index (χ3n) is 6.95. The molecule has 2 N–H and O–H groups in total. The van der Waals surface area contributed by atoms with Gasteiger partial charge in [-0.1, -0.05) is 48.5 Å². The van der Waals surface area contributed by atoms with Crippen molar-refractivity contribution in [3.8, 4) is 11.5 Å². The number of rotatable bonds is 8. The number of hydrogen-bond donors (Lipinski definition) is 2. The summed E-state index contributed by atoms with van der Waals surface area (Å²) in [6.07, 6.45) is 0. The standard InChI is InChI=1S/C34H29NO7/c1-3-41-34(40)25-12-7-13-26(18-25)35-30(23-11-8-14-27(36)19-23)29(32(38)33(35)39)31(37)24-15-16-28(21(2)17-24)42-20-22-9-5-4-6-10-22/h4-19,30,36-37H,3,20H2,1-2H3/b31-29+. The molecule has 1 fully saturated rings. The molecule has 0 bridgehead atoms. The van der Waals surface area contributed by atoms with Gasteiger partial charge in [-0.05, 0) is 79.1 Å². The van der Waals surface area contributed by atoms with E-state index in [0.29, 0.717) is 23.5 Å². The average molecular weight is 564 g/mol. The van der Waals surface area contributed by atoms with E-state index in [0.717, 1.165) is 11.1 Å². The van der Waals surface area contributed by atoms with E-state index in [1.807, 2.05) is 37.3 Å². The average Bonchev–Trinajstić information content (AvgIpc) is 3.26. The molecule has 1 unspecified atom stereocenters. The number of carbonyl (C=O) groups excluding carboxylic acids is 3. The molecule has 8 nitrogen and oxygen atoms in total. The molecule has 42 heavy (non-hydrogen) atoms. The highest BCUT2D eigenvalue weighted by atomic mass is 16.5. The van der Waals surface area contributed by atoms with Crippen LogP contribution in [0.15, 0.2) is 103 Å². The fourth-order valence-electron chi connectivity index (χ4n) is 4.96. The van der Waals surface area contributed by atoms with Crippen LogP contribution in [0, 0.1) is 6.92 Å².